The minimum Gasteiger partial charge on any atom is -0.475 e. The lowest BCUT2D eigenvalue weighted by Gasteiger charge is -2.13. The summed E-state index contributed by atoms with van der Waals surface area (Å²) in [6, 6.07) is 11.0. The van der Waals surface area contributed by atoms with Crippen LogP contribution in [0.3, 0.4) is 0 Å². The first-order chi connectivity index (χ1) is 13.5. The molecule has 3 aromatic rings. The molecule has 0 atom stereocenters. The van der Waals surface area contributed by atoms with Gasteiger partial charge < -0.3 is 9.52 Å². The molecule has 0 fully saturated rings. The number of thiocarbonyl (C=S) groups is 1. The number of carbonyl (C=O) groups is 1. The lowest BCUT2D eigenvalue weighted by Crippen LogP contribution is -2.08. The van der Waals surface area contributed by atoms with Crippen molar-refractivity contribution in [3.8, 4) is 0 Å². The van der Waals surface area contributed by atoms with Crippen LogP contribution in [0, 0.1) is 0 Å². The highest BCUT2D eigenvalue weighted by molar-refractivity contribution is 7.81. The van der Waals surface area contributed by atoms with E-state index in [1.54, 1.807) is 6.07 Å². The van der Waals surface area contributed by atoms with Crippen LogP contribution in [0.4, 0.5) is 5.13 Å². The van der Waals surface area contributed by atoms with Crippen molar-refractivity contribution < 1.29 is 14.3 Å². The van der Waals surface area contributed by atoms with Gasteiger partial charge in [0.2, 0.25) is 10.9 Å². The molecule has 0 saturated heterocycles. The van der Waals surface area contributed by atoms with E-state index in [4.69, 9.17) is 21.7 Å². The Morgan fingerprint density at radius 1 is 1.32 bits per heavy atom. The monoisotopic (exact) mass is 409 g/mol. The van der Waals surface area contributed by atoms with Crippen molar-refractivity contribution in [3.63, 3.8) is 0 Å². The van der Waals surface area contributed by atoms with Gasteiger partial charge in [0.05, 0.1) is 15.9 Å². The van der Waals surface area contributed by atoms with Crippen molar-refractivity contribution in [3.05, 3.63) is 65.6 Å². The molecule has 2 heterocycles. The number of nitrogens with zero attached hydrogens (tertiary/aromatic N) is 2. The Balaban J connectivity index is 1.56. The summed E-state index contributed by atoms with van der Waals surface area (Å²) in [5, 5.41) is 14.2. The Labute approximate surface area is 169 Å². The lowest BCUT2D eigenvalue weighted by atomic mass is 9.95. The van der Waals surface area contributed by atoms with Crippen LogP contribution < -0.4 is 5.43 Å². The summed E-state index contributed by atoms with van der Waals surface area (Å²) in [6.45, 7) is 1.89. The third kappa shape index (κ3) is 3.64. The number of hydrogen-bond donors (Lipinski definition) is 2. The fourth-order valence-electron chi connectivity index (χ4n) is 2.78. The minimum absolute atomic E-state index is 0.113. The second-order valence-corrected chi connectivity index (χ2v) is 7.63. The Bertz CT molecular complexity index is 1150. The number of furan rings is 1. The van der Waals surface area contributed by atoms with Gasteiger partial charge in [-0.1, -0.05) is 41.8 Å². The first-order valence-corrected chi connectivity index (χ1v) is 9.68. The number of para-hydroxylation sites is 1. The lowest BCUT2D eigenvalue weighted by molar-refractivity contribution is 0.0662. The Hall–Kier alpha value is -3.10. The number of rotatable bonds is 5. The molecule has 2 N–H and O–H groups in total. The summed E-state index contributed by atoms with van der Waals surface area (Å²) in [4.78, 5) is 16.2. The van der Waals surface area contributed by atoms with Crippen molar-refractivity contribution in [2.24, 2.45) is 5.10 Å². The summed E-state index contributed by atoms with van der Waals surface area (Å²) < 4.78 is 6.49. The maximum atomic E-state index is 11.0. The van der Waals surface area contributed by atoms with Gasteiger partial charge >= 0.3 is 5.97 Å². The highest BCUT2D eigenvalue weighted by Crippen LogP contribution is 2.28. The Kier molecular flexibility index (Phi) is 4.89. The minimum atomic E-state index is -1.11. The van der Waals surface area contributed by atoms with E-state index in [2.05, 4.69) is 15.5 Å². The molecule has 1 aliphatic rings. The van der Waals surface area contributed by atoms with E-state index < -0.39 is 5.97 Å². The average molecular weight is 409 g/mol. The summed E-state index contributed by atoms with van der Waals surface area (Å²) in [5.74, 6) is -0.778. The SMILES string of the molecule is CC(=NNc1nc2ccccc2s1)C1=CCC(=S)C(c2ccc(C(=O)O)o2)=C1. The van der Waals surface area contributed by atoms with Gasteiger partial charge in [-0.3, -0.25) is 5.43 Å². The van der Waals surface area contributed by atoms with Crippen LogP contribution in [0.25, 0.3) is 15.8 Å². The van der Waals surface area contributed by atoms with Crippen molar-refractivity contribution >= 4 is 61.0 Å². The molecule has 0 radical (unpaired) electrons. The van der Waals surface area contributed by atoms with Gasteiger partial charge in [0.1, 0.15) is 5.76 Å². The topological polar surface area (TPSA) is 87.7 Å². The van der Waals surface area contributed by atoms with E-state index >= 15 is 0 Å². The van der Waals surface area contributed by atoms with Gasteiger partial charge in [-0.15, -0.1) is 0 Å². The zero-order valence-corrected chi connectivity index (χ0v) is 16.4. The number of allylic oxidation sites excluding steroid dienone is 4. The highest BCUT2D eigenvalue weighted by atomic mass is 32.1. The molecule has 0 spiro atoms. The zero-order valence-electron chi connectivity index (χ0n) is 14.8. The quantitative estimate of drug-likeness (QED) is 0.344. The molecule has 4 rings (SSSR count). The molecular weight excluding hydrogens is 394 g/mol. The smallest absolute Gasteiger partial charge is 0.371 e. The van der Waals surface area contributed by atoms with Crippen LogP contribution in [0.15, 0.2) is 63.6 Å². The molecule has 6 nitrogen and oxygen atoms in total. The van der Waals surface area contributed by atoms with E-state index in [0.29, 0.717) is 27.8 Å². The number of anilines is 1. The molecule has 28 heavy (non-hydrogen) atoms. The number of fused-ring (bicyclic) bond motifs is 1. The van der Waals surface area contributed by atoms with Crippen molar-refractivity contribution in [2.75, 3.05) is 5.43 Å². The standard InChI is InChI=1S/C20H15N3O3S2/c1-11(22-23-20-21-14-4-2-3-5-18(14)28-20)12-6-9-17(27)13(10-12)15-7-8-16(26-15)19(24)25/h2-8,10H,9H2,1H3,(H,21,23)(H,24,25). The van der Waals surface area contributed by atoms with E-state index in [9.17, 15) is 4.79 Å². The summed E-state index contributed by atoms with van der Waals surface area (Å²) >= 11 is 6.95. The van der Waals surface area contributed by atoms with Crippen molar-refractivity contribution in [2.45, 2.75) is 13.3 Å². The number of thiazole rings is 1. The highest BCUT2D eigenvalue weighted by Gasteiger charge is 2.19. The fourth-order valence-corrected chi connectivity index (χ4v) is 3.83. The fraction of sp³-hybridized carbons (Fsp3) is 0.100. The Morgan fingerprint density at radius 3 is 2.89 bits per heavy atom. The van der Waals surface area contributed by atoms with E-state index in [1.807, 2.05) is 43.3 Å². The van der Waals surface area contributed by atoms with E-state index in [0.717, 1.165) is 21.5 Å². The number of benzene rings is 1. The summed E-state index contributed by atoms with van der Waals surface area (Å²) in [5.41, 5.74) is 6.30. The number of hydrogen-bond acceptors (Lipinski definition) is 7. The molecule has 8 heteroatoms. The van der Waals surface area contributed by atoms with Crippen molar-refractivity contribution in [1.29, 1.82) is 0 Å². The number of nitrogens with one attached hydrogen (secondary N) is 1. The number of carboxylic acids is 1. The molecule has 1 aliphatic carbocycles. The molecule has 0 saturated carbocycles. The number of hydrazone groups is 1. The maximum absolute atomic E-state index is 11.0. The van der Waals surface area contributed by atoms with Crippen LogP contribution in [-0.2, 0) is 0 Å². The third-order valence-electron chi connectivity index (χ3n) is 4.22. The van der Waals surface area contributed by atoms with Crippen LogP contribution in [0.1, 0.15) is 29.7 Å². The molecule has 0 aliphatic heterocycles. The van der Waals surface area contributed by atoms with Gasteiger partial charge in [-0.25, -0.2) is 9.78 Å². The van der Waals surface area contributed by atoms with Crippen molar-refractivity contribution in [1.82, 2.24) is 4.98 Å². The van der Waals surface area contributed by atoms with Crippen LogP contribution >= 0.6 is 23.6 Å². The molecule has 2 aromatic heterocycles. The van der Waals surface area contributed by atoms with E-state index in [1.165, 1.54) is 17.4 Å². The third-order valence-corrected chi connectivity index (χ3v) is 5.55. The van der Waals surface area contributed by atoms with Gasteiger partial charge in [0, 0.05) is 16.9 Å². The maximum Gasteiger partial charge on any atom is 0.371 e. The molecule has 0 bridgehead atoms. The zero-order chi connectivity index (χ0) is 19.7. The van der Waals surface area contributed by atoms with Gasteiger partial charge in [0.25, 0.3) is 0 Å². The molecule has 1 aromatic carbocycles. The predicted octanol–water partition coefficient (Wildman–Crippen LogP) is 5.16. The number of carboxylic acid groups (broad SMARTS) is 1. The van der Waals surface area contributed by atoms with Crippen LogP contribution in [-0.4, -0.2) is 26.6 Å². The second-order valence-electron chi connectivity index (χ2n) is 6.11. The normalized spacial score (nSPS) is 14.8. The first kappa shape index (κ1) is 18.3. The molecule has 0 unspecified atom stereocenters. The summed E-state index contributed by atoms with van der Waals surface area (Å²) in [7, 11) is 0. The second kappa shape index (κ2) is 7.49. The Morgan fingerprint density at radius 2 is 2.14 bits per heavy atom. The summed E-state index contributed by atoms with van der Waals surface area (Å²) in [6.07, 6.45) is 4.43. The predicted molar refractivity (Wildman–Crippen MR) is 115 cm³/mol. The van der Waals surface area contributed by atoms with Gasteiger partial charge in [0.15, 0.2) is 0 Å². The largest absolute Gasteiger partial charge is 0.475 e. The number of aromatic nitrogens is 1. The first-order valence-electron chi connectivity index (χ1n) is 8.46. The van der Waals surface area contributed by atoms with E-state index in [-0.39, 0.29) is 5.76 Å². The van der Waals surface area contributed by atoms with Gasteiger partial charge in [-0.2, -0.15) is 5.10 Å². The molecule has 0 amide bonds. The number of aromatic carboxylic acids is 1. The van der Waals surface area contributed by atoms with Crippen LogP contribution in [0.2, 0.25) is 0 Å². The van der Waals surface area contributed by atoms with Gasteiger partial charge in [-0.05, 0) is 42.8 Å². The molecular formula is C20H15N3O3S2. The van der Waals surface area contributed by atoms with Crippen LogP contribution in [0.5, 0.6) is 0 Å². The molecule has 140 valence electrons. The average Bonchev–Trinajstić information content (AvgIpc) is 3.33.